The average Bonchev–Trinajstić information content (AvgIpc) is 3.45. The van der Waals surface area contributed by atoms with E-state index in [-0.39, 0.29) is 23.6 Å². The number of unbranched alkanes of at least 4 members (excludes halogenated alkanes) is 2. The minimum atomic E-state index is 0.0311. The summed E-state index contributed by atoms with van der Waals surface area (Å²) in [7, 11) is 0. The molecule has 0 aromatic rings. The molecule has 5 heteroatoms. The van der Waals surface area contributed by atoms with Gasteiger partial charge in [0.15, 0.2) is 0 Å². The van der Waals surface area contributed by atoms with Crippen LogP contribution >= 0.6 is 0 Å². The zero-order chi connectivity index (χ0) is 21.9. The number of fused-ring (bicyclic) bond motifs is 3. The van der Waals surface area contributed by atoms with Gasteiger partial charge in [0.2, 0.25) is 0 Å². The molecule has 0 unspecified atom stereocenters. The van der Waals surface area contributed by atoms with Crippen LogP contribution in [0.1, 0.15) is 85.0 Å². The first kappa shape index (κ1) is 23.5. The van der Waals surface area contributed by atoms with Gasteiger partial charge in [-0.1, -0.05) is 33.6 Å². The molecule has 4 fully saturated rings. The maximum Gasteiger partial charge on any atom is 0.310 e. The molecule has 4 rings (SSSR count). The van der Waals surface area contributed by atoms with Crippen LogP contribution in [0.5, 0.6) is 0 Å². The Kier molecular flexibility index (Phi) is 7.65. The molecule has 0 radical (unpaired) electrons. The third-order valence-corrected chi connectivity index (χ3v) is 8.93. The fourth-order valence-electron chi connectivity index (χ4n) is 6.97. The molecule has 0 aromatic heterocycles. The number of hydrogen-bond donors (Lipinski definition) is 1. The Labute approximate surface area is 190 Å². The van der Waals surface area contributed by atoms with E-state index in [0.29, 0.717) is 17.3 Å². The molecule has 4 aliphatic rings. The minimum absolute atomic E-state index is 0.0311. The van der Waals surface area contributed by atoms with Crippen molar-refractivity contribution in [3.63, 3.8) is 0 Å². The lowest BCUT2D eigenvalue weighted by Crippen LogP contribution is -2.51. The van der Waals surface area contributed by atoms with Gasteiger partial charge in [-0.2, -0.15) is 0 Å². The number of nitrogens with zero attached hydrogens (tertiary/aromatic N) is 1. The molecule has 1 N–H and O–H groups in total. The third kappa shape index (κ3) is 5.14. The molecule has 178 valence electrons. The van der Waals surface area contributed by atoms with Crippen LogP contribution in [0.3, 0.4) is 0 Å². The second-order valence-corrected chi connectivity index (χ2v) is 11.2. The predicted molar refractivity (Wildman–Crippen MR) is 124 cm³/mol. The van der Waals surface area contributed by atoms with Crippen molar-refractivity contribution in [2.24, 2.45) is 23.2 Å². The molecule has 2 saturated heterocycles. The maximum atomic E-state index is 12.7. The molecule has 1 spiro atoms. The average molecular weight is 435 g/mol. The number of carbonyl (C=O) groups excluding carboxylic acids is 1. The Bertz CT molecular complexity index is 599. The fourth-order valence-corrected chi connectivity index (χ4v) is 6.97. The number of esters is 1. The summed E-state index contributed by atoms with van der Waals surface area (Å²) in [6.45, 7) is 13.3. The molecule has 6 atom stereocenters. The van der Waals surface area contributed by atoms with E-state index in [1.165, 1.54) is 58.0 Å². The lowest BCUT2D eigenvalue weighted by Gasteiger charge is -2.51. The second-order valence-electron chi connectivity index (χ2n) is 11.2. The monoisotopic (exact) mass is 434 g/mol. The summed E-state index contributed by atoms with van der Waals surface area (Å²) in [6.07, 6.45) is 12.3. The van der Waals surface area contributed by atoms with Crippen molar-refractivity contribution in [3.05, 3.63) is 0 Å². The van der Waals surface area contributed by atoms with Crippen molar-refractivity contribution in [3.8, 4) is 0 Å². The summed E-state index contributed by atoms with van der Waals surface area (Å²) in [5.41, 5.74) is 0.432. The van der Waals surface area contributed by atoms with Gasteiger partial charge in [-0.15, -0.1) is 0 Å². The Morgan fingerprint density at radius 1 is 1.10 bits per heavy atom. The first-order valence-electron chi connectivity index (χ1n) is 13.3. The van der Waals surface area contributed by atoms with E-state index in [4.69, 9.17) is 9.47 Å². The highest BCUT2D eigenvalue weighted by Crippen LogP contribution is 2.62. The van der Waals surface area contributed by atoms with E-state index in [0.717, 1.165) is 45.5 Å². The molecule has 5 nitrogen and oxygen atoms in total. The van der Waals surface area contributed by atoms with Crippen LogP contribution in [-0.2, 0) is 14.3 Å². The van der Waals surface area contributed by atoms with Crippen molar-refractivity contribution >= 4 is 5.97 Å². The summed E-state index contributed by atoms with van der Waals surface area (Å²) in [6, 6.07) is 0. The number of ether oxygens (including phenoxy) is 2. The second kappa shape index (κ2) is 10.1. The third-order valence-electron chi connectivity index (χ3n) is 8.93. The SMILES string of the molecule is CCCCN(CCCC)CCCNC[C@H]1C(=O)O[C@H]2C[C@]3(C)CCC[C@@]4(CO4)[C@@H]3C[C@H]21. The number of epoxide rings is 1. The standard InChI is InChI=1S/C26H46N2O3/c1-4-6-13-28(14-7-5-2)15-9-12-27-18-21-20-16-23-25(3,17-22(20)31-24(21)29)10-8-11-26(23)19-30-26/h20-23,27H,4-19H2,1-3H3/t20-,21+,22-,23+,25-,26+/m0/s1. The molecule has 0 aromatic carbocycles. The van der Waals surface area contributed by atoms with Crippen molar-refractivity contribution in [2.75, 3.05) is 39.3 Å². The summed E-state index contributed by atoms with van der Waals surface area (Å²) in [4.78, 5) is 15.4. The van der Waals surface area contributed by atoms with Gasteiger partial charge in [0.05, 0.1) is 18.1 Å². The Morgan fingerprint density at radius 3 is 2.48 bits per heavy atom. The predicted octanol–water partition coefficient (Wildman–Crippen LogP) is 4.40. The fraction of sp³-hybridized carbons (Fsp3) is 0.962. The quantitative estimate of drug-likeness (QED) is 0.280. The highest BCUT2D eigenvalue weighted by molar-refractivity contribution is 5.75. The Balaban J connectivity index is 1.24. The van der Waals surface area contributed by atoms with Gasteiger partial charge < -0.3 is 19.7 Å². The summed E-state index contributed by atoms with van der Waals surface area (Å²) in [5.74, 6) is 1.06. The zero-order valence-electron chi connectivity index (χ0n) is 20.3. The molecule has 2 heterocycles. The Hall–Kier alpha value is -0.650. The lowest BCUT2D eigenvalue weighted by molar-refractivity contribution is -0.147. The first-order chi connectivity index (χ1) is 15.0. The van der Waals surface area contributed by atoms with Gasteiger partial charge in [-0.25, -0.2) is 0 Å². The van der Waals surface area contributed by atoms with Gasteiger partial charge in [-0.05, 0) is 88.9 Å². The van der Waals surface area contributed by atoms with Crippen molar-refractivity contribution in [2.45, 2.75) is 96.7 Å². The van der Waals surface area contributed by atoms with Crippen LogP contribution in [-0.4, -0.2) is 61.9 Å². The van der Waals surface area contributed by atoms with E-state index in [9.17, 15) is 4.79 Å². The van der Waals surface area contributed by atoms with Gasteiger partial charge in [0.25, 0.3) is 0 Å². The number of carbonyl (C=O) groups is 1. The largest absolute Gasteiger partial charge is 0.462 e. The van der Waals surface area contributed by atoms with Gasteiger partial charge in [-0.3, -0.25) is 4.79 Å². The zero-order valence-corrected chi connectivity index (χ0v) is 20.3. The highest BCUT2D eigenvalue weighted by Gasteiger charge is 2.64. The topological polar surface area (TPSA) is 54.1 Å². The van der Waals surface area contributed by atoms with Crippen molar-refractivity contribution in [1.82, 2.24) is 10.2 Å². The van der Waals surface area contributed by atoms with Gasteiger partial charge in [0, 0.05) is 12.5 Å². The molecule has 31 heavy (non-hydrogen) atoms. The molecule has 2 saturated carbocycles. The van der Waals surface area contributed by atoms with Crippen LogP contribution in [0.4, 0.5) is 0 Å². The molecule has 0 bridgehead atoms. The molecular weight excluding hydrogens is 388 g/mol. The molecule has 2 aliphatic heterocycles. The maximum absolute atomic E-state index is 12.7. The smallest absolute Gasteiger partial charge is 0.310 e. The van der Waals surface area contributed by atoms with Crippen LogP contribution < -0.4 is 5.32 Å². The molecule has 0 amide bonds. The van der Waals surface area contributed by atoms with E-state index < -0.39 is 0 Å². The summed E-state index contributed by atoms with van der Waals surface area (Å²) < 4.78 is 12.0. The number of nitrogens with one attached hydrogen (secondary N) is 1. The summed E-state index contributed by atoms with van der Waals surface area (Å²) >= 11 is 0. The van der Waals surface area contributed by atoms with Crippen molar-refractivity contribution < 1.29 is 14.3 Å². The van der Waals surface area contributed by atoms with Gasteiger partial charge >= 0.3 is 5.97 Å². The van der Waals surface area contributed by atoms with Crippen LogP contribution in [0.15, 0.2) is 0 Å². The number of hydrogen-bond acceptors (Lipinski definition) is 5. The lowest BCUT2D eigenvalue weighted by atomic mass is 9.53. The van der Waals surface area contributed by atoms with E-state index in [2.05, 4.69) is 31.0 Å². The normalized spacial score (nSPS) is 38.9. The van der Waals surface area contributed by atoms with Crippen LogP contribution in [0.25, 0.3) is 0 Å². The van der Waals surface area contributed by atoms with Gasteiger partial charge in [0.1, 0.15) is 6.10 Å². The van der Waals surface area contributed by atoms with E-state index >= 15 is 0 Å². The first-order valence-corrected chi connectivity index (χ1v) is 13.3. The van der Waals surface area contributed by atoms with Crippen molar-refractivity contribution in [1.29, 1.82) is 0 Å². The van der Waals surface area contributed by atoms with Crippen LogP contribution in [0, 0.1) is 23.2 Å². The highest BCUT2D eigenvalue weighted by atomic mass is 16.6. The summed E-state index contributed by atoms with van der Waals surface area (Å²) in [5, 5.41) is 3.62. The molecule has 2 aliphatic carbocycles. The number of rotatable bonds is 12. The van der Waals surface area contributed by atoms with Crippen LogP contribution in [0.2, 0.25) is 0 Å². The van der Waals surface area contributed by atoms with E-state index in [1.807, 2.05) is 0 Å². The molecular formula is C26H46N2O3. The Morgan fingerprint density at radius 2 is 1.81 bits per heavy atom. The minimum Gasteiger partial charge on any atom is -0.462 e. The van der Waals surface area contributed by atoms with E-state index in [1.54, 1.807) is 0 Å².